The topological polar surface area (TPSA) is 136 Å². The van der Waals surface area contributed by atoms with Crippen molar-refractivity contribution in [3.8, 4) is 0 Å². The number of piperazine rings is 1. The van der Waals surface area contributed by atoms with Gasteiger partial charge in [0.1, 0.15) is 17.6 Å². The van der Waals surface area contributed by atoms with E-state index < -0.39 is 10.2 Å². The van der Waals surface area contributed by atoms with Crippen LogP contribution in [0.5, 0.6) is 0 Å². The van der Waals surface area contributed by atoms with Crippen molar-refractivity contribution in [2.24, 2.45) is 0 Å². The minimum atomic E-state index is -4.94. The highest BCUT2D eigenvalue weighted by atomic mass is 35.7. The molecule has 0 bridgehead atoms. The van der Waals surface area contributed by atoms with Gasteiger partial charge in [0.15, 0.2) is 6.54 Å². The maximum absolute atomic E-state index is 9.65. The van der Waals surface area contributed by atoms with E-state index in [1.165, 1.54) is 11.4 Å². The molecule has 5 rings (SSSR count). The third-order valence-corrected chi connectivity index (χ3v) is 6.04. The summed E-state index contributed by atoms with van der Waals surface area (Å²) in [5, 5.41) is 10.4. The molecule has 1 N–H and O–H groups in total. The molecule has 1 fully saturated rings. The zero-order valence-electron chi connectivity index (χ0n) is 18.7. The summed E-state index contributed by atoms with van der Waals surface area (Å²) in [5.74, 6) is 0. The van der Waals surface area contributed by atoms with Gasteiger partial charge in [-0.25, -0.2) is 23.6 Å². The number of fused-ring (bicyclic) bond motifs is 2. The van der Waals surface area contributed by atoms with E-state index in [-0.39, 0.29) is 6.61 Å². The zero-order valence-corrected chi connectivity index (χ0v) is 20.2. The summed E-state index contributed by atoms with van der Waals surface area (Å²) in [7, 11) is -4.94. The van der Waals surface area contributed by atoms with Gasteiger partial charge in [-0.05, 0) is 36.4 Å². The second-order valence-corrected chi connectivity index (χ2v) is 9.17. The fourth-order valence-corrected chi connectivity index (χ4v) is 4.49. The first-order valence-electron chi connectivity index (χ1n) is 10.9. The monoisotopic (exact) mass is 518 g/mol. The third kappa shape index (κ3) is 6.47. The fraction of sp³-hybridized carbons (Fsp3) is 0.250. The first kappa shape index (κ1) is 25.3. The smallest absolute Gasteiger partial charge is 0.233 e. The van der Waals surface area contributed by atoms with Gasteiger partial charge in [0, 0.05) is 54.7 Å². The van der Waals surface area contributed by atoms with Gasteiger partial charge in [-0.2, -0.15) is 4.57 Å². The van der Waals surface area contributed by atoms with Gasteiger partial charge in [0.05, 0.1) is 0 Å². The average Bonchev–Trinajstić information content (AvgIpc) is 2.83. The van der Waals surface area contributed by atoms with E-state index in [1.807, 2.05) is 36.4 Å². The third-order valence-electron chi connectivity index (χ3n) is 5.80. The van der Waals surface area contributed by atoms with Crippen molar-refractivity contribution in [3.63, 3.8) is 0 Å². The van der Waals surface area contributed by atoms with Crippen molar-refractivity contribution < 1.29 is 38.6 Å². The van der Waals surface area contributed by atoms with Crippen molar-refractivity contribution >= 4 is 45.0 Å². The first-order chi connectivity index (χ1) is 16.7. The molecule has 11 heteroatoms. The quantitative estimate of drug-likeness (QED) is 0.265. The molecule has 0 saturated carbocycles. The largest absolute Gasteiger partial charge is 0.390 e. The Morgan fingerprint density at radius 1 is 0.800 bits per heavy atom. The summed E-state index contributed by atoms with van der Waals surface area (Å²) in [6, 6.07) is 22.6. The van der Waals surface area contributed by atoms with Crippen LogP contribution in [0.4, 0.5) is 11.4 Å². The Kier molecular flexibility index (Phi) is 7.88. The zero-order chi connectivity index (χ0) is 25.0. The lowest BCUT2D eigenvalue weighted by molar-refractivity contribution is -2.00. The van der Waals surface area contributed by atoms with Crippen molar-refractivity contribution in [1.29, 1.82) is 0 Å². The lowest BCUT2D eigenvalue weighted by Crippen LogP contribution is -2.68. The number of aliphatic hydroxyl groups excluding tert-OH is 1. The average molecular weight is 519 g/mol. The minimum Gasteiger partial charge on any atom is -0.390 e. The predicted octanol–water partition coefficient (Wildman–Crippen LogP) is -1.11. The van der Waals surface area contributed by atoms with Gasteiger partial charge in [0.25, 0.3) is 0 Å². The standard InChI is InChI=1S/C24H24ClN4O.ClHO4/c25-18-4-3-5-19(16-18)27-10-12-28(13-11-27)20-8-9-22-24(17-20)29(14-15-30)23-7-2-1-6-21(23)26-22;2-1(3,4)5/h1-9,16-17,30H,10-15H2;(H,2,3,4,5)/q+1;/p-1. The summed E-state index contributed by atoms with van der Waals surface area (Å²) in [6.45, 7) is 4.43. The number of para-hydroxylation sites is 2. The molecule has 184 valence electrons. The molecule has 2 heterocycles. The lowest BCUT2D eigenvalue weighted by Gasteiger charge is -2.37. The molecule has 3 aromatic carbocycles. The van der Waals surface area contributed by atoms with Crippen molar-refractivity contribution in [2.45, 2.75) is 6.54 Å². The second kappa shape index (κ2) is 10.9. The molecule has 1 saturated heterocycles. The number of aliphatic hydroxyl groups is 1. The molecule has 35 heavy (non-hydrogen) atoms. The van der Waals surface area contributed by atoms with Crippen molar-refractivity contribution in [3.05, 3.63) is 71.8 Å². The van der Waals surface area contributed by atoms with E-state index in [1.54, 1.807) is 0 Å². The fourth-order valence-electron chi connectivity index (χ4n) is 4.30. The lowest BCUT2D eigenvalue weighted by atomic mass is 10.2. The Bertz CT molecular complexity index is 1300. The molecule has 0 spiro atoms. The highest BCUT2D eigenvalue weighted by Crippen LogP contribution is 2.25. The molecule has 0 amide bonds. The minimum absolute atomic E-state index is 0.0936. The van der Waals surface area contributed by atoms with E-state index in [2.05, 4.69) is 44.7 Å². The molecule has 9 nitrogen and oxygen atoms in total. The van der Waals surface area contributed by atoms with Crippen LogP contribution in [0.3, 0.4) is 0 Å². The molecule has 4 aromatic rings. The number of benzene rings is 3. The Morgan fingerprint density at radius 2 is 1.40 bits per heavy atom. The van der Waals surface area contributed by atoms with Gasteiger partial charge >= 0.3 is 0 Å². The SMILES string of the molecule is OCC[n+]1c2ccccc2nc2ccc(N3CCN(c4cccc(Cl)c4)CC3)cc21.[O-][Cl+3]([O-])([O-])[O-]. The molecule has 1 aliphatic heterocycles. The molecular weight excluding hydrogens is 495 g/mol. The first-order valence-corrected chi connectivity index (χ1v) is 12.5. The van der Waals surface area contributed by atoms with Gasteiger partial charge in [-0.3, -0.25) is 0 Å². The second-order valence-electron chi connectivity index (χ2n) is 7.98. The van der Waals surface area contributed by atoms with Crippen LogP contribution in [0.1, 0.15) is 0 Å². The van der Waals surface area contributed by atoms with Gasteiger partial charge < -0.3 is 14.9 Å². The number of halogens is 2. The maximum Gasteiger partial charge on any atom is 0.233 e. The number of aromatic nitrogens is 2. The number of hydrogen-bond acceptors (Lipinski definition) is 8. The summed E-state index contributed by atoms with van der Waals surface area (Å²) >= 11 is 6.16. The predicted molar refractivity (Wildman–Crippen MR) is 122 cm³/mol. The van der Waals surface area contributed by atoms with E-state index >= 15 is 0 Å². The van der Waals surface area contributed by atoms with Crippen LogP contribution in [0.25, 0.3) is 22.1 Å². The van der Waals surface area contributed by atoms with Crippen molar-refractivity contribution in [1.82, 2.24) is 4.98 Å². The van der Waals surface area contributed by atoms with Crippen LogP contribution in [0, 0.1) is 10.2 Å². The molecule has 0 atom stereocenters. The van der Waals surface area contributed by atoms with Gasteiger partial charge in [0.2, 0.25) is 11.0 Å². The number of hydrogen-bond donors (Lipinski definition) is 1. The maximum atomic E-state index is 9.65. The summed E-state index contributed by atoms with van der Waals surface area (Å²) in [6.07, 6.45) is 0. The van der Waals surface area contributed by atoms with Crippen LogP contribution in [-0.2, 0) is 6.54 Å². The van der Waals surface area contributed by atoms with Gasteiger partial charge in [-0.1, -0.05) is 29.8 Å². The van der Waals surface area contributed by atoms with Crippen LogP contribution >= 0.6 is 11.6 Å². The highest BCUT2D eigenvalue weighted by Gasteiger charge is 2.21. The van der Waals surface area contributed by atoms with Gasteiger partial charge in [-0.15, -0.1) is 10.2 Å². The number of anilines is 2. The van der Waals surface area contributed by atoms with E-state index in [9.17, 15) is 5.11 Å². The Morgan fingerprint density at radius 3 is 2.03 bits per heavy atom. The molecule has 1 aliphatic rings. The summed E-state index contributed by atoms with van der Waals surface area (Å²) < 4.78 is 36.1. The van der Waals surface area contributed by atoms with Crippen LogP contribution in [0.2, 0.25) is 5.02 Å². The van der Waals surface area contributed by atoms with Crippen LogP contribution in [0.15, 0.2) is 66.7 Å². The Balaban J connectivity index is 0.000000527. The number of rotatable bonds is 4. The molecule has 0 unspecified atom stereocenters. The van der Waals surface area contributed by atoms with Crippen LogP contribution < -0.4 is 33.0 Å². The van der Waals surface area contributed by atoms with E-state index in [0.29, 0.717) is 6.54 Å². The van der Waals surface area contributed by atoms with E-state index in [4.69, 9.17) is 35.2 Å². The Hall–Kier alpha value is -2.76. The van der Waals surface area contributed by atoms with E-state index in [0.717, 1.165) is 53.3 Å². The molecule has 0 aliphatic carbocycles. The molecular formula is C24H24Cl2N4O5. The van der Waals surface area contributed by atoms with Crippen LogP contribution in [-0.4, -0.2) is 42.9 Å². The van der Waals surface area contributed by atoms with Crippen molar-refractivity contribution in [2.75, 3.05) is 42.6 Å². The molecule has 1 aromatic heterocycles. The normalized spacial score (nSPS) is 14.2. The number of nitrogens with zero attached hydrogens (tertiary/aromatic N) is 4. The summed E-state index contributed by atoms with van der Waals surface area (Å²) in [5.41, 5.74) is 6.36. The molecule has 0 radical (unpaired) electrons. The summed E-state index contributed by atoms with van der Waals surface area (Å²) in [4.78, 5) is 9.62. The Labute approximate surface area is 209 Å². The highest BCUT2D eigenvalue weighted by molar-refractivity contribution is 6.30.